The second-order valence-corrected chi connectivity index (χ2v) is 7.02. The first-order valence-electron chi connectivity index (χ1n) is 9.48. The predicted molar refractivity (Wildman–Crippen MR) is 111 cm³/mol. The van der Waals surface area contributed by atoms with Gasteiger partial charge in [-0.25, -0.2) is 4.79 Å². The molecule has 1 aliphatic heterocycles. The van der Waals surface area contributed by atoms with E-state index >= 15 is 0 Å². The third kappa shape index (κ3) is 5.87. The molecule has 0 unspecified atom stereocenters. The molecule has 154 valence electrons. The zero-order valence-electron chi connectivity index (χ0n) is 17.4. The van der Waals surface area contributed by atoms with Crippen LogP contribution in [0.5, 0.6) is 0 Å². The lowest BCUT2D eigenvalue weighted by Crippen LogP contribution is -2.39. The number of carbonyl (C=O) groups is 2. The van der Waals surface area contributed by atoms with E-state index in [1.54, 1.807) is 24.0 Å². The Labute approximate surface area is 167 Å². The Hall–Kier alpha value is -2.76. The molecule has 1 rings (SSSR count). The SMILES string of the molecule is C=C/C=C(/OC1CCN(C(C)=O)CC1)C(=C(C)C)/C(N)=C(\C(=C)CC)C(=O)O. The molecule has 0 spiro atoms. The number of nitrogens with zero attached hydrogens (tertiary/aromatic N) is 1. The average Bonchev–Trinajstić information content (AvgIpc) is 2.61. The van der Waals surface area contributed by atoms with Gasteiger partial charge in [0.25, 0.3) is 0 Å². The maximum atomic E-state index is 11.8. The van der Waals surface area contributed by atoms with Crippen LogP contribution in [0.3, 0.4) is 0 Å². The summed E-state index contributed by atoms with van der Waals surface area (Å²) in [5.74, 6) is -0.575. The molecule has 1 heterocycles. The van der Waals surface area contributed by atoms with Crippen molar-refractivity contribution in [3.05, 3.63) is 59.1 Å². The molecule has 1 aliphatic rings. The third-order valence-corrected chi connectivity index (χ3v) is 4.73. The number of carboxylic acid groups (broad SMARTS) is 1. The first-order valence-corrected chi connectivity index (χ1v) is 9.48. The molecule has 0 bridgehead atoms. The molecule has 1 amide bonds. The van der Waals surface area contributed by atoms with E-state index in [0.29, 0.717) is 49.3 Å². The number of aliphatic carboxylic acids is 1. The first kappa shape index (κ1) is 23.3. The first-order chi connectivity index (χ1) is 13.1. The molecular formula is C22H32N2O4. The van der Waals surface area contributed by atoms with Crippen LogP contribution >= 0.6 is 0 Å². The van der Waals surface area contributed by atoms with Crippen LogP contribution < -0.4 is 5.73 Å². The number of carbonyl (C=O) groups excluding carboxylic acids is 1. The minimum absolute atomic E-state index is 0.00339. The minimum atomic E-state index is -1.11. The fourth-order valence-electron chi connectivity index (χ4n) is 3.16. The van der Waals surface area contributed by atoms with Gasteiger partial charge in [0.15, 0.2) is 0 Å². The monoisotopic (exact) mass is 388 g/mol. The molecule has 0 aromatic rings. The van der Waals surface area contributed by atoms with Crippen molar-refractivity contribution in [2.45, 2.75) is 53.1 Å². The van der Waals surface area contributed by atoms with Gasteiger partial charge in [-0.1, -0.05) is 31.7 Å². The molecule has 0 radical (unpaired) electrons. The number of hydrogen-bond acceptors (Lipinski definition) is 4. The molecule has 6 heteroatoms. The number of rotatable bonds is 8. The Balaban J connectivity index is 3.26. The van der Waals surface area contributed by atoms with Crippen molar-refractivity contribution < 1.29 is 19.4 Å². The summed E-state index contributed by atoms with van der Waals surface area (Å²) >= 11 is 0. The van der Waals surface area contributed by atoms with Gasteiger partial charge in [0.05, 0.1) is 11.3 Å². The zero-order chi connectivity index (χ0) is 21.4. The Morgan fingerprint density at radius 3 is 2.18 bits per heavy atom. The van der Waals surface area contributed by atoms with Crippen molar-refractivity contribution in [2.75, 3.05) is 13.1 Å². The molecule has 0 saturated carbocycles. The summed E-state index contributed by atoms with van der Waals surface area (Å²) < 4.78 is 6.21. The van der Waals surface area contributed by atoms with Gasteiger partial charge in [0.2, 0.25) is 5.91 Å². The van der Waals surface area contributed by atoms with Crippen LogP contribution in [0.2, 0.25) is 0 Å². The third-order valence-electron chi connectivity index (χ3n) is 4.73. The number of piperidine rings is 1. The van der Waals surface area contributed by atoms with E-state index in [1.807, 2.05) is 20.8 Å². The number of hydrogen-bond donors (Lipinski definition) is 2. The summed E-state index contributed by atoms with van der Waals surface area (Å²) in [6.45, 7) is 15.9. The molecule has 3 N–H and O–H groups in total. The Morgan fingerprint density at radius 1 is 1.21 bits per heavy atom. The van der Waals surface area contributed by atoms with E-state index in [-0.39, 0.29) is 23.3 Å². The normalized spacial score (nSPS) is 16.1. The van der Waals surface area contributed by atoms with E-state index in [2.05, 4.69) is 13.2 Å². The van der Waals surface area contributed by atoms with Crippen LogP contribution in [0.1, 0.15) is 47.0 Å². The summed E-state index contributed by atoms with van der Waals surface area (Å²) in [5.41, 5.74) is 8.27. The van der Waals surface area contributed by atoms with Gasteiger partial charge in [-0.05, 0) is 31.9 Å². The summed E-state index contributed by atoms with van der Waals surface area (Å²) in [4.78, 5) is 25.1. The van der Waals surface area contributed by atoms with E-state index in [4.69, 9.17) is 10.5 Å². The number of nitrogens with two attached hydrogens (primary N) is 1. The van der Waals surface area contributed by atoms with E-state index in [0.717, 1.165) is 5.57 Å². The van der Waals surface area contributed by atoms with Gasteiger partial charge >= 0.3 is 5.97 Å². The van der Waals surface area contributed by atoms with Crippen molar-refractivity contribution in [3.63, 3.8) is 0 Å². The lowest BCUT2D eigenvalue weighted by molar-refractivity contribution is -0.132. The largest absolute Gasteiger partial charge is 0.490 e. The van der Waals surface area contributed by atoms with Crippen molar-refractivity contribution in [1.82, 2.24) is 4.90 Å². The highest BCUT2D eigenvalue weighted by molar-refractivity contribution is 5.93. The number of amides is 1. The second kappa shape index (κ2) is 10.5. The van der Waals surface area contributed by atoms with Crippen molar-refractivity contribution in [2.24, 2.45) is 5.73 Å². The highest BCUT2D eigenvalue weighted by atomic mass is 16.5. The molecule has 0 aliphatic carbocycles. The van der Waals surface area contributed by atoms with Gasteiger partial charge in [0, 0.05) is 38.4 Å². The fourth-order valence-corrected chi connectivity index (χ4v) is 3.16. The average molecular weight is 389 g/mol. The number of likely N-dealkylation sites (tertiary alicyclic amines) is 1. The van der Waals surface area contributed by atoms with Crippen LogP contribution in [0.15, 0.2) is 59.1 Å². The quantitative estimate of drug-likeness (QED) is 0.376. The summed E-state index contributed by atoms with van der Waals surface area (Å²) in [7, 11) is 0. The van der Waals surface area contributed by atoms with E-state index < -0.39 is 5.97 Å². The topological polar surface area (TPSA) is 92.9 Å². The number of allylic oxidation sites excluding steroid dienone is 3. The van der Waals surface area contributed by atoms with Crippen molar-refractivity contribution in [1.29, 1.82) is 0 Å². The molecular weight excluding hydrogens is 356 g/mol. The number of ether oxygens (including phenoxy) is 1. The molecule has 1 fully saturated rings. The Morgan fingerprint density at radius 2 is 1.79 bits per heavy atom. The van der Waals surface area contributed by atoms with Gasteiger partial charge in [-0.15, -0.1) is 0 Å². The maximum absolute atomic E-state index is 11.8. The highest BCUT2D eigenvalue weighted by Gasteiger charge is 2.26. The minimum Gasteiger partial charge on any atom is -0.490 e. The van der Waals surface area contributed by atoms with E-state index in [1.165, 1.54) is 0 Å². The summed E-state index contributed by atoms with van der Waals surface area (Å²) in [5, 5.41) is 9.65. The lowest BCUT2D eigenvalue weighted by atomic mass is 9.95. The fraction of sp³-hybridized carbons (Fsp3) is 0.455. The van der Waals surface area contributed by atoms with Crippen molar-refractivity contribution in [3.8, 4) is 0 Å². The Kier molecular flexibility index (Phi) is 8.76. The smallest absolute Gasteiger partial charge is 0.338 e. The van der Waals surface area contributed by atoms with Gasteiger partial charge in [-0.3, -0.25) is 4.79 Å². The lowest BCUT2D eigenvalue weighted by Gasteiger charge is -2.32. The molecule has 1 saturated heterocycles. The zero-order valence-corrected chi connectivity index (χ0v) is 17.4. The predicted octanol–water partition coefficient (Wildman–Crippen LogP) is 3.68. The molecule has 6 nitrogen and oxygen atoms in total. The Bertz CT molecular complexity index is 732. The van der Waals surface area contributed by atoms with Gasteiger partial charge in [-0.2, -0.15) is 0 Å². The molecule has 0 aromatic heterocycles. The molecule has 0 atom stereocenters. The summed E-state index contributed by atoms with van der Waals surface area (Å²) in [6.07, 6.45) is 5.06. The van der Waals surface area contributed by atoms with Gasteiger partial charge < -0.3 is 20.5 Å². The molecule has 0 aromatic carbocycles. The summed E-state index contributed by atoms with van der Waals surface area (Å²) in [6, 6.07) is 0. The maximum Gasteiger partial charge on any atom is 0.338 e. The van der Waals surface area contributed by atoms with Crippen LogP contribution in [0.4, 0.5) is 0 Å². The van der Waals surface area contributed by atoms with Crippen LogP contribution in [-0.4, -0.2) is 41.1 Å². The highest BCUT2D eigenvalue weighted by Crippen LogP contribution is 2.29. The van der Waals surface area contributed by atoms with Crippen LogP contribution in [-0.2, 0) is 14.3 Å². The standard InChI is InChI=1S/C22H32N2O4/c1-7-9-18(28-17-10-12-24(13-11-17)16(6)25)19(14(3)4)21(23)20(22(26)27)15(5)8-2/h7,9,17H,1,5,8,10-13,23H2,2-4,6H3,(H,26,27)/b18-9+,21-20-. The number of carboxylic acids is 1. The van der Waals surface area contributed by atoms with E-state index in [9.17, 15) is 14.7 Å². The van der Waals surface area contributed by atoms with Crippen LogP contribution in [0, 0.1) is 0 Å². The second-order valence-electron chi connectivity index (χ2n) is 7.02. The van der Waals surface area contributed by atoms with Crippen molar-refractivity contribution >= 4 is 11.9 Å². The van der Waals surface area contributed by atoms with Gasteiger partial charge in [0.1, 0.15) is 11.9 Å². The van der Waals surface area contributed by atoms with Crippen LogP contribution in [0.25, 0.3) is 0 Å². The molecule has 28 heavy (non-hydrogen) atoms.